The van der Waals surface area contributed by atoms with Crippen molar-refractivity contribution >= 4 is 34.3 Å². The molecule has 2 aromatic carbocycles. The van der Waals surface area contributed by atoms with E-state index in [1.165, 1.54) is 0 Å². The minimum atomic E-state index is -0.958. The zero-order chi connectivity index (χ0) is 26.6. The first-order valence-electron chi connectivity index (χ1n) is 13.2. The van der Waals surface area contributed by atoms with Crippen LogP contribution >= 0.6 is 0 Å². The first-order valence-corrected chi connectivity index (χ1v) is 13.2. The van der Waals surface area contributed by atoms with Crippen molar-refractivity contribution in [1.82, 2.24) is 24.6 Å². The number of morpholine rings is 2. The Hall–Kier alpha value is -4.06. The Morgan fingerprint density at radius 3 is 2.38 bits per heavy atom. The topological polar surface area (TPSA) is 118 Å². The smallest absolute Gasteiger partial charge is 0.335 e. The van der Waals surface area contributed by atoms with E-state index in [0.717, 1.165) is 67.2 Å². The summed E-state index contributed by atoms with van der Waals surface area (Å²) in [7, 11) is 0. The molecule has 2 saturated heterocycles. The molecule has 2 aromatic heterocycles. The number of carboxylic acids is 1. The Morgan fingerprint density at radius 2 is 1.64 bits per heavy atom. The van der Waals surface area contributed by atoms with Gasteiger partial charge in [0.1, 0.15) is 5.82 Å². The molecule has 0 atom stereocenters. The van der Waals surface area contributed by atoms with Crippen LogP contribution in [-0.2, 0) is 16.0 Å². The van der Waals surface area contributed by atoms with Crippen molar-refractivity contribution in [2.45, 2.75) is 6.54 Å². The van der Waals surface area contributed by atoms with Crippen LogP contribution in [0.25, 0.3) is 22.2 Å². The van der Waals surface area contributed by atoms with Crippen LogP contribution in [0.3, 0.4) is 0 Å². The van der Waals surface area contributed by atoms with Crippen LogP contribution in [0.4, 0.5) is 17.5 Å². The number of rotatable bonds is 8. The van der Waals surface area contributed by atoms with Gasteiger partial charge in [-0.05, 0) is 36.4 Å². The number of fused-ring (bicyclic) bond motifs is 1. The summed E-state index contributed by atoms with van der Waals surface area (Å²) in [5.74, 6) is 0.299. The lowest BCUT2D eigenvalue weighted by atomic mass is 10.1. The van der Waals surface area contributed by atoms with Crippen LogP contribution in [0.15, 0.2) is 54.7 Å². The van der Waals surface area contributed by atoms with Crippen molar-refractivity contribution in [3.63, 3.8) is 0 Å². The predicted octanol–water partition coefficient (Wildman–Crippen LogP) is 3.10. The van der Waals surface area contributed by atoms with Gasteiger partial charge in [0.15, 0.2) is 0 Å². The maximum atomic E-state index is 11.2. The average molecular weight is 530 g/mol. The number of carboxylic acid groups (broad SMARTS) is 1. The zero-order valence-electron chi connectivity index (χ0n) is 21.6. The van der Waals surface area contributed by atoms with Crippen molar-refractivity contribution in [3.8, 4) is 11.3 Å². The normalized spacial score (nSPS) is 16.5. The van der Waals surface area contributed by atoms with E-state index in [4.69, 9.17) is 19.4 Å². The van der Waals surface area contributed by atoms with E-state index in [9.17, 15) is 9.90 Å². The molecule has 11 nitrogen and oxygen atoms in total. The maximum absolute atomic E-state index is 11.2. The maximum Gasteiger partial charge on any atom is 0.335 e. The highest BCUT2D eigenvalue weighted by atomic mass is 16.5. The Labute approximate surface area is 226 Å². The van der Waals surface area contributed by atoms with Gasteiger partial charge in [-0.25, -0.2) is 9.78 Å². The summed E-state index contributed by atoms with van der Waals surface area (Å²) in [6.07, 6.45) is 1.91. The monoisotopic (exact) mass is 529 g/mol. The molecule has 0 amide bonds. The lowest BCUT2D eigenvalue weighted by Gasteiger charge is -2.27. The van der Waals surface area contributed by atoms with Gasteiger partial charge < -0.3 is 24.8 Å². The van der Waals surface area contributed by atoms with Crippen LogP contribution < -0.4 is 10.2 Å². The summed E-state index contributed by atoms with van der Waals surface area (Å²) in [5.41, 5.74) is 3.83. The number of nitrogens with zero attached hydrogens (tertiary/aromatic N) is 6. The molecular formula is C28H31N7O4. The average Bonchev–Trinajstić information content (AvgIpc) is 3.39. The van der Waals surface area contributed by atoms with Crippen molar-refractivity contribution in [2.75, 3.05) is 69.4 Å². The number of aromatic nitrogens is 4. The van der Waals surface area contributed by atoms with Crippen molar-refractivity contribution in [3.05, 3.63) is 60.3 Å². The summed E-state index contributed by atoms with van der Waals surface area (Å²) in [6, 6.07) is 14.8. The SMILES string of the molecule is O=C(O)c1ccc(Nc2cc(-c3ccc4c(cnn4CCN4CCOCC4)c3)nc(N3CCOCC3)n2)cc1. The molecule has 4 heterocycles. The molecule has 0 unspecified atom stereocenters. The van der Waals surface area contributed by atoms with E-state index in [0.29, 0.717) is 38.1 Å². The number of aromatic carboxylic acids is 1. The Kier molecular flexibility index (Phi) is 7.35. The molecule has 2 aliphatic rings. The molecule has 0 radical (unpaired) electrons. The number of carbonyl (C=O) groups is 1. The molecule has 2 fully saturated rings. The van der Waals surface area contributed by atoms with Gasteiger partial charge in [0, 0.05) is 55.4 Å². The first kappa shape index (κ1) is 25.2. The van der Waals surface area contributed by atoms with Crippen LogP contribution in [0, 0.1) is 0 Å². The third-order valence-electron chi connectivity index (χ3n) is 7.08. The quantitative estimate of drug-likeness (QED) is 0.353. The highest BCUT2D eigenvalue weighted by molar-refractivity contribution is 5.88. The van der Waals surface area contributed by atoms with Gasteiger partial charge in [0.05, 0.1) is 55.9 Å². The summed E-state index contributed by atoms with van der Waals surface area (Å²) in [6.45, 7) is 7.95. The number of nitrogens with one attached hydrogen (secondary N) is 1. The van der Waals surface area contributed by atoms with E-state index in [2.05, 4.69) is 43.1 Å². The van der Waals surface area contributed by atoms with E-state index < -0.39 is 5.97 Å². The van der Waals surface area contributed by atoms with Gasteiger partial charge in [-0.1, -0.05) is 6.07 Å². The fourth-order valence-electron chi connectivity index (χ4n) is 4.88. The van der Waals surface area contributed by atoms with E-state index in [1.807, 2.05) is 12.3 Å². The molecule has 2 aliphatic heterocycles. The summed E-state index contributed by atoms with van der Waals surface area (Å²) < 4.78 is 13.0. The molecule has 0 aliphatic carbocycles. The van der Waals surface area contributed by atoms with Gasteiger partial charge in [-0.3, -0.25) is 9.58 Å². The highest BCUT2D eigenvalue weighted by Gasteiger charge is 2.18. The molecule has 2 N–H and O–H groups in total. The largest absolute Gasteiger partial charge is 0.478 e. The lowest BCUT2D eigenvalue weighted by molar-refractivity contribution is 0.0361. The van der Waals surface area contributed by atoms with Crippen LogP contribution in [0.5, 0.6) is 0 Å². The van der Waals surface area contributed by atoms with Crippen LogP contribution in [0.1, 0.15) is 10.4 Å². The number of ether oxygens (including phenoxy) is 2. The Morgan fingerprint density at radius 1 is 0.897 bits per heavy atom. The minimum absolute atomic E-state index is 0.233. The van der Waals surface area contributed by atoms with Gasteiger partial charge >= 0.3 is 5.97 Å². The summed E-state index contributed by atoms with van der Waals surface area (Å²) >= 11 is 0. The second-order valence-electron chi connectivity index (χ2n) is 9.64. The number of benzene rings is 2. The third kappa shape index (κ3) is 5.85. The molecule has 4 aromatic rings. The second kappa shape index (κ2) is 11.4. The molecule has 0 spiro atoms. The zero-order valence-corrected chi connectivity index (χ0v) is 21.6. The molecule has 0 saturated carbocycles. The number of anilines is 3. The number of hydrogen-bond acceptors (Lipinski definition) is 9. The van der Waals surface area contributed by atoms with Crippen molar-refractivity contribution in [2.24, 2.45) is 0 Å². The number of hydrogen-bond donors (Lipinski definition) is 2. The minimum Gasteiger partial charge on any atom is -0.478 e. The van der Waals surface area contributed by atoms with E-state index in [-0.39, 0.29) is 5.56 Å². The molecule has 6 rings (SSSR count). The molecule has 0 bridgehead atoms. The fraction of sp³-hybridized carbons (Fsp3) is 0.357. The molecular weight excluding hydrogens is 498 g/mol. The van der Waals surface area contributed by atoms with Crippen molar-refractivity contribution in [1.29, 1.82) is 0 Å². The summed E-state index contributed by atoms with van der Waals surface area (Å²) in [5, 5.41) is 18.2. The van der Waals surface area contributed by atoms with E-state index in [1.54, 1.807) is 24.3 Å². The van der Waals surface area contributed by atoms with Crippen molar-refractivity contribution < 1.29 is 19.4 Å². The van der Waals surface area contributed by atoms with Gasteiger partial charge in [0.2, 0.25) is 5.95 Å². The second-order valence-corrected chi connectivity index (χ2v) is 9.64. The Balaban J connectivity index is 1.28. The summed E-state index contributed by atoms with van der Waals surface area (Å²) in [4.78, 5) is 25.4. The highest BCUT2D eigenvalue weighted by Crippen LogP contribution is 2.28. The van der Waals surface area contributed by atoms with Crippen LogP contribution in [0.2, 0.25) is 0 Å². The van der Waals surface area contributed by atoms with Gasteiger partial charge in [-0.15, -0.1) is 0 Å². The third-order valence-corrected chi connectivity index (χ3v) is 7.08. The van der Waals surface area contributed by atoms with Gasteiger partial charge in [0.25, 0.3) is 0 Å². The Bertz CT molecular complexity index is 1440. The fourth-order valence-corrected chi connectivity index (χ4v) is 4.88. The molecule has 202 valence electrons. The van der Waals surface area contributed by atoms with Gasteiger partial charge in [-0.2, -0.15) is 10.1 Å². The first-order chi connectivity index (χ1) is 19.1. The lowest BCUT2D eigenvalue weighted by Crippen LogP contribution is -2.38. The molecule has 39 heavy (non-hydrogen) atoms. The predicted molar refractivity (Wildman–Crippen MR) is 148 cm³/mol. The molecule has 11 heteroatoms. The standard InChI is InChI=1S/C28H31N7O4/c36-27(37)20-1-4-23(5-2-20)30-26-18-24(31-28(32-26)34-11-15-39-16-12-34)21-3-6-25-22(17-21)19-29-35(25)8-7-33-9-13-38-14-10-33/h1-6,17-19H,7-16H2,(H,36,37)(H,30,31,32). The van der Waals surface area contributed by atoms with E-state index >= 15 is 0 Å². The van der Waals surface area contributed by atoms with Crippen LogP contribution in [-0.4, -0.2) is 94.9 Å².